The van der Waals surface area contributed by atoms with Crippen LogP contribution in [0.4, 0.5) is 0 Å². The standard InChI is InChI=1S/C5H11NO.C5H5.C2H7Si.2ClH.Hf/c1-5(2,3)4(6)7;1-2-4-5-3-1;1-3-2;;;/h1-3H3,(H2,6,7);1-3H,4H2;3H,1-2H3;2*1H;/q;;;;;+3/p-3. The van der Waals surface area contributed by atoms with E-state index in [2.05, 4.69) is 34.6 Å². The SMILES string of the molecule is C[SiH](C)[Hf+2]([NH]C(=O)C(C)(C)C)[C]1=CC=CC1.[Cl-].[Cl-]. The average molecular weight is 474 g/mol. The van der Waals surface area contributed by atoms with Crippen LogP contribution in [-0.4, -0.2) is 11.9 Å². The Kier molecular flexibility index (Phi) is 10.1. The van der Waals surface area contributed by atoms with Gasteiger partial charge < -0.3 is 24.8 Å². The molecule has 2 nitrogen and oxygen atoms in total. The molecule has 0 saturated heterocycles. The summed E-state index contributed by atoms with van der Waals surface area (Å²) in [7, 11) is 0. The Morgan fingerprint density at radius 1 is 1.33 bits per heavy atom. The molecule has 1 N–H and O–H groups in total. The molecular weight excluding hydrogens is 452 g/mol. The number of carbonyl (C=O) groups is 1. The van der Waals surface area contributed by atoms with Gasteiger partial charge in [0.1, 0.15) is 0 Å². The summed E-state index contributed by atoms with van der Waals surface area (Å²) in [6, 6.07) is 0. The van der Waals surface area contributed by atoms with E-state index in [0.717, 1.165) is 6.42 Å². The summed E-state index contributed by atoms with van der Waals surface area (Å²) in [4.78, 5) is 12.1. The fraction of sp³-hybridized carbons (Fsp3) is 0.583. The van der Waals surface area contributed by atoms with Crippen LogP contribution in [0.3, 0.4) is 0 Å². The van der Waals surface area contributed by atoms with Gasteiger partial charge in [-0.1, -0.05) is 0 Å². The van der Waals surface area contributed by atoms with E-state index < -0.39 is 26.9 Å². The Labute approximate surface area is 132 Å². The van der Waals surface area contributed by atoms with Crippen LogP contribution in [0, 0.1) is 5.41 Å². The van der Waals surface area contributed by atoms with Crippen molar-refractivity contribution in [2.24, 2.45) is 5.41 Å². The molecule has 0 saturated carbocycles. The molecule has 0 bridgehead atoms. The third kappa shape index (κ3) is 6.18. The van der Waals surface area contributed by atoms with Crippen LogP contribution in [0.2, 0.25) is 13.1 Å². The first-order valence-corrected chi connectivity index (χ1v) is 18.6. The van der Waals surface area contributed by atoms with Gasteiger partial charge in [0.15, 0.2) is 0 Å². The summed E-state index contributed by atoms with van der Waals surface area (Å²) < 4.78 is 5.01. The molecule has 18 heavy (non-hydrogen) atoms. The van der Waals surface area contributed by atoms with Gasteiger partial charge in [-0.3, -0.25) is 0 Å². The number of amides is 1. The van der Waals surface area contributed by atoms with Gasteiger partial charge in [0.05, 0.1) is 0 Å². The number of allylic oxidation sites excluding steroid dienone is 4. The van der Waals surface area contributed by atoms with E-state index in [-0.39, 0.29) is 36.1 Å². The Hall–Kier alpha value is 0.617. The van der Waals surface area contributed by atoms with Gasteiger partial charge >= 0.3 is 108 Å². The molecule has 6 heteroatoms. The van der Waals surface area contributed by atoms with Crippen LogP contribution in [0.1, 0.15) is 27.2 Å². The van der Waals surface area contributed by atoms with E-state index in [4.69, 9.17) is 0 Å². The average Bonchev–Trinajstić information content (AvgIpc) is 2.63. The zero-order chi connectivity index (χ0) is 12.3. The number of rotatable bonds is 3. The van der Waals surface area contributed by atoms with Crippen molar-refractivity contribution < 1.29 is 50.5 Å². The van der Waals surface area contributed by atoms with Crippen molar-refractivity contribution in [2.75, 3.05) is 0 Å². The van der Waals surface area contributed by atoms with Crippen molar-refractivity contribution in [2.45, 2.75) is 40.3 Å². The first kappa shape index (κ1) is 20.9. The van der Waals surface area contributed by atoms with E-state index in [0.29, 0.717) is 0 Å². The first-order chi connectivity index (χ1) is 7.32. The van der Waals surface area contributed by atoms with Gasteiger partial charge in [-0.05, 0) is 0 Å². The Bertz CT molecular complexity index is 337. The quantitative estimate of drug-likeness (QED) is 0.424. The monoisotopic (exact) mass is 474 g/mol. The predicted molar refractivity (Wildman–Crippen MR) is 68.3 cm³/mol. The maximum absolute atomic E-state index is 12.1. The van der Waals surface area contributed by atoms with Crippen LogP contribution in [-0.2, 0) is 25.7 Å². The van der Waals surface area contributed by atoms with Crippen molar-refractivity contribution >= 4 is 11.9 Å². The maximum atomic E-state index is 12.1. The second kappa shape index (κ2) is 8.72. The zero-order valence-electron chi connectivity index (χ0n) is 11.7. The second-order valence-electron chi connectivity index (χ2n) is 5.60. The smallest absolute Gasteiger partial charge is 1.00 e. The summed E-state index contributed by atoms with van der Waals surface area (Å²) in [6.07, 6.45) is 7.69. The molecule has 1 amide bonds. The van der Waals surface area contributed by atoms with E-state index in [1.54, 1.807) is 3.33 Å². The summed E-state index contributed by atoms with van der Waals surface area (Å²) >= 11 is -1.97. The van der Waals surface area contributed by atoms with Crippen molar-refractivity contribution in [1.29, 1.82) is 0 Å². The molecule has 103 valence electrons. The molecule has 0 radical (unpaired) electrons. The molecular formula is C12H22Cl2HfNOSi. The van der Waals surface area contributed by atoms with E-state index in [1.807, 2.05) is 20.8 Å². The summed E-state index contributed by atoms with van der Waals surface area (Å²) in [5, 5.41) is 0. The zero-order valence-corrected chi connectivity index (χ0v) is 17.9. The van der Waals surface area contributed by atoms with Crippen LogP contribution >= 0.6 is 0 Å². The molecule has 1 rings (SSSR count). The van der Waals surface area contributed by atoms with Gasteiger partial charge in [-0.25, -0.2) is 0 Å². The molecule has 0 spiro atoms. The van der Waals surface area contributed by atoms with Crippen molar-refractivity contribution in [3.8, 4) is 0 Å². The topological polar surface area (TPSA) is 29.1 Å². The minimum absolute atomic E-state index is 0. The van der Waals surface area contributed by atoms with E-state index in [1.165, 1.54) is 0 Å². The maximum Gasteiger partial charge on any atom is -1.00 e. The Morgan fingerprint density at radius 2 is 1.89 bits per heavy atom. The second-order valence-corrected chi connectivity index (χ2v) is 31.3. The fourth-order valence-corrected chi connectivity index (χ4v) is 21.5. The van der Waals surface area contributed by atoms with Crippen molar-refractivity contribution in [1.82, 2.24) is 3.30 Å². The molecule has 0 aromatic heterocycles. The van der Waals surface area contributed by atoms with Gasteiger partial charge in [0.25, 0.3) is 0 Å². The largest absolute Gasteiger partial charge is 1.00 e. The molecule has 0 aliphatic heterocycles. The van der Waals surface area contributed by atoms with E-state index >= 15 is 0 Å². The van der Waals surface area contributed by atoms with Gasteiger partial charge in [0.2, 0.25) is 0 Å². The first-order valence-electron chi connectivity index (χ1n) is 5.86. The summed E-state index contributed by atoms with van der Waals surface area (Å²) in [5.74, 6) is -0.440. The van der Waals surface area contributed by atoms with Gasteiger partial charge in [0, 0.05) is 0 Å². The Balaban J connectivity index is 0. The third-order valence-corrected chi connectivity index (χ3v) is 26.0. The van der Waals surface area contributed by atoms with Crippen molar-refractivity contribution in [3.05, 3.63) is 21.6 Å². The molecule has 0 heterocycles. The number of hydrogen-bond acceptors (Lipinski definition) is 1. The van der Waals surface area contributed by atoms with Crippen LogP contribution in [0.15, 0.2) is 21.6 Å². The molecule has 1 aliphatic rings. The number of carbonyl (C=O) groups excluding carboxylic acids is 1. The van der Waals surface area contributed by atoms with Crippen molar-refractivity contribution in [3.63, 3.8) is 0 Å². The minimum Gasteiger partial charge on any atom is -1.00 e. The predicted octanol–water partition coefficient (Wildman–Crippen LogP) is -3.48. The summed E-state index contributed by atoms with van der Waals surface area (Å²) in [6.45, 7) is 10.7. The number of nitrogens with one attached hydrogen (secondary N) is 1. The normalized spacial score (nSPS) is 13.6. The van der Waals surface area contributed by atoms with E-state index in [9.17, 15) is 4.79 Å². The number of hydrogen-bond donors (Lipinski definition) is 1. The number of halogens is 2. The summed E-state index contributed by atoms with van der Waals surface area (Å²) in [5.41, 5.74) is -0.244. The minimum atomic E-state index is -1.97. The van der Waals surface area contributed by atoms with Crippen LogP contribution in [0.5, 0.6) is 0 Å². The van der Waals surface area contributed by atoms with Gasteiger partial charge in [-0.15, -0.1) is 0 Å². The Morgan fingerprint density at radius 3 is 2.22 bits per heavy atom. The molecule has 0 atom stereocenters. The fourth-order valence-electron chi connectivity index (χ4n) is 1.55. The third-order valence-electron chi connectivity index (χ3n) is 2.62. The van der Waals surface area contributed by atoms with Gasteiger partial charge in [-0.2, -0.15) is 0 Å². The molecule has 0 aromatic rings. The van der Waals surface area contributed by atoms with Crippen LogP contribution in [0.25, 0.3) is 0 Å². The molecule has 0 aromatic carbocycles. The molecule has 1 aliphatic carbocycles. The molecule has 0 fully saturated rings. The molecule has 0 unspecified atom stereocenters. The van der Waals surface area contributed by atoms with Crippen LogP contribution < -0.4 is 28.1 Å².